The summed E-state index contributed by atoms with van der Waals surface area (Å²) in [7, 11) is 0. The molecule has 2 rings (SSSR count). The van der Waals surface area contributed by atoms with Crippen LogP contribution >= 0.6 is 0 Å². The van der Waals surface area contributed by atoms with Crippen molar-refractivity contribution in [3.8, 4) is 5.75 Å². The molecule has 3 N–H and O–H groups in total. The maximum atomic E-state index is 12.1. The summed E-state index contributed by atoms with van der Waals surface area (Å²) in [6.07, 6.45) is 2.85. The standard InChI is InChI=1S/C14H19F2NO2/c15-13(16)19-12-3-1-10(2-4-12)14(9-17)7-5-11(18)6-8-14/h1-4,11,13,18H,5-9,17H2. The molecule has 0 aromatic heterocycles. The molecule has 0 unspecified atom stereocenters. The number of hydrogen-bond acceptors (Lipinski definition) is 3. The Morgan fingerprint density at radius 3 is 2.32 bits per heavy atom. The third kappa shape index (κ3) is 3.22. The molecule has 1 aromatic rings. The Balaban J connectivity index is 2.15. The summed E-state index contributed by atoms with van der Waals surface area (Å²) in [6, 6.07) is 6.68. The highest BCUT2D eigenvalue weighted by Crippen LogP contribution is 2.39. The van der Waals surface area contributed by atoms with Gasteiger partial charge in [0.25, 0.3) is 0 Å². The van der Waals surface area contributed by atoms with E-state index < -0.39 is 6.61 Å². The summed E-state index contributed by atoms with van der Waals surface area (Å²) in [4.78, 5) is 0. The minimum absolute atomic E-state index is 0.150. The Bertz CT molecular complexity index is 400. The number of ether oxygens (including phenoxy) is 1. The normalized spacial score (nSPS) is 27.5. The van der Waals surface area contributed by atoms with E-state index in [2.05, 4.69) is 4.74 Å². The Morgan fingerprint density at radius 2 is 1.84 bits per heavy atom. The first-order valence-corrected chi connectivity index (χ1v) is 6.49. The van der Waals surface area contributed by atoms with Gasteiger partial charge < -0.3 is 15.6 Å². The summed E-state index contributed by atoms with van der Waals surface area (Å²) >= 11 is 0. The van der Waals surface area contributed by atoms with Gasteiger partial charge in [-0.05, 0) is 43.4 Å². The molecule has 0 saturated heterocycles. The van der Waals surface area contributed by atoms with E-state index in [4.69, 9.17) is 5.73 Å². The van der Waals surface area contributed by atoms with Crippen LogP contribution < -0.4 is 10.5 Å². The minimum atomic E-state index is -2.81. The highest BCUT2D eigenvalue weighted by atomic mass is 19.3. The SMILES string of the molecule is NCC1(c2ccc(OC(F)F)cc2)CCC(O)CC1. The lowest BCUT2D eigenvalue weighted by atomic mass is 9.69. The van der Waals surface area contributed by atoms with Gasteiger partial charge in [-0.2, -0.15) is 8.78 Å². The average molecular weight is 271 g/mol. The van der Waals surface area contributed by atoms with E-state index in [1.54, 1.807) is 24.3 Å². The van der Waals surface area contributed by atoms with Gasteiger partial charge in [0.05, 0.1) is 6.10 Å². The van der Waals surface area contributed by atoms with Crippen LogP contribution in [0, 0.1) is 0 Å². The second kappa shape index (κ2) is 5.84. The monoisotopic (exact) mass is 271 g/mol. The number of hydrogen-bond donors (Lipinski definition) is 2. The molecule has 106 valence electrons. The van der Waals surface area contributed by atoms with Crippen molar-refractivity contribution in [3.63, 3.8) is 0 Å². The fraction of sp³-hybridized carbons (Fsp3) is 0.571. The fourth-order valence-corrected chi connectivity index (χ4v) is 2.76. The quantitative estimate of drug-likeness (QED) is 0.884. The molecule has 3 nitrogen and oxygen atoms in total. The minimum Gasteiger partial charge on any atom is -0.435 e. The predicted octanol–water partition coefficient (Wildman–Crippen LogP) is 2.42. The smallest absolute Gasteiger partial charge is 0.387 e. The Morgan fingerprint density at radius 1 is 1.26 bits per heavy atom. The fourth-order valence-electron chi connectivity index (χ4n) is 2.76. The molecular weight excluding hydrogens is 252 g/mol. The molecule has 0 aliphatic heterocycles. The van der Waals surface area contributed by atoms with Crippen LogP contribution in [0.25, 0.3) is 0 Å². The maximum Gasteiger partial charge on any atom is 0.387 e. The van der Waals surface area contributed by atoms with Crippen molar-refractivity contribution in [1.82, 2.24) is 0 Å². The van der Waals surface area contributed by atoms with Crippen molar-refractivity contribution in [1.29, 1.82) is 0 Å². The van der Waals surface area contributed by atoms with Crippen LogP contribution in [0.1, 0.15) is 31.2 Å². The molecule has 1 saturated carbocycles. The second-order valence-electron chi connectivity index (χ2n) is 5.12. The number of halogens is 2. The largest absolute Gasteiger partial charge is 0.435 e. The highest BCUT2D eigenvalue weighted by molar-refractivity contribution is 5.33. The molecule has 1 aliphatic rings. The zero-order valence-corrected chi connectivity index (χ0v) is 10.7. The van der Waals surface area contributed by atoms with Gasteiger partial charge in [0.15, 0.2) is 0 Å². The van der Waals surface area contributed by atoms with E-state index in [1.165, 1.54) is 0 Å². The van der Waals surface area contributed by atoms with Gasteiger partial charge in [-0.1, -0.05) is 12.1 Å². The van der Waals surface area contributed by atoms with Crippen molar-refractivity contribution in [2.45, 2.75) is 43.8 Å². The zero-order valence-electron chi connectivity index (χ0n) is 10.7. The highest BCUT2D eigenvalue weighted by Gasteiger charge is 2.35. The van der Waals surface area contributed by atoms with Crippen LogP contribution in [0.5, 0.6) is 5.75 Å². The van der Waals surface area contributed by atoms with Crippen molar-refractivity contribution in [2.75, 3.05) is 6.54 Å². The second-order valence-corrected chi connectivity index (χ2v) is 5.12. The maximum absolute atomic E-state index is 12.1. The third-order valence-corrected chi connectivity index (χ3v) is 3.99. The molecular formula is C14H19F2NO2. The first-order valence-electron chi connectivity index (χ1n) is 6.49. The molecule has 0 bridgehead atoms. The van der Waals surface area contributed by atoms with Crippen molar-refractivity contribution >= 4 is 0 Å². The van der Waals surface area contributed by atoms with Crippen LogP contribution in [0.3, 0.4) is 0 Å². The lowest BCUT2D eigenvalue weighted by molar-refractivity contribution is -0.0498. The van der Waals surface area contributed by atoms with Crippen LogP contribution in [0.4, 0.5) is 8.78 Å². The molecule has 19 heavy (non-hydrogen) atoms. The number of nitrogens with two attached hydrogens (primary N) is 1. The summed E-state index contributed by atoms with van der Waals surface area (Å²) in [5.41, 5.74) is 6.78. The third-order valence-electron chi connectivity index (χ3n) is 3.99. The van der Waals surface area contributed by atoms with Crippen molar-refractivity contribution in [2.24, 2.45) is 5.73 Å². The van der Waals surface area contributed by atoms with E-state index in [0.717, 1.165) is 31.2 Å². The first-order chi connectivity index (χ1) is 9.05. The Labute approximate surface area is 111 Å². The number of aliphatic hydroxyl groups excluding tert-OH is 1. The lowest BCUT2D eigenvalue weighted by Crippen LogP contribution is -2.40. The van der Waals surface area contributed by atoms with Gasteiger partial charge in [-0.3, -0.25) is 0 Å². The van der Waals surface area contributed by atoms with Crippen molar-refractivity contribution < 1.29 is 18.6 Å². The molecule has 0 atom stereocenters. The number of rotatable bonds is 4. The molecule has 0 amide bonds. The zero-order chi connectivity index (χ0) is 13.9. The van der Waals surface area contributed by atoms with Gasteiger partial charge in [0.2, 0.25) is 0 Å². The lowest BCUT2D eigenvalue weighted by Gasteiger charge is -2.38. The molecule has 0 spiro atoms. The molecule has 5 heteroatoms. The van der Waals surface area contributed by atoms with E-state index in [0.29, 0.717) is 6.54 Å². The van der Waals surface area contributed by atoms with E-state index >= 15 is 0 Å². The molecule has 0 heterocycles. The molecule has 1 fully saturated rings. The van der Waals surface area contributed by atoms with Crippen LogP contribution in [-0.4, -0.2) is 24.4 Å². The Kier molecular flexibility index (Phi) is 4.37. The summed E-state index contributed by atoms with van der Waals surface area (Å²) < 4.78 is 28.5. The van der Waals surface area contributed by atoms with Crippen molar-refractivity contribution in [3.05, 3.63) is 29.8 Å². The summed E-state index contributed by atoms with van der Waals surface area (Å²) in [6.45, 7) is -2.31. The summed E-state index contributed by atoms with van der Waals surface area (Å²) in [5, 5.41) is 9.58. The summed E-state index contributed by atoms with van der Waals surface area (Å²) in [5.74, 6) is 0.154. The molecule has 1 aromatic carbocycles. The Hall–Kier alpha value is -1.20. The van der Waals surface area contributed by atoms with Gasteiger partial charge in [0, 0.05) is 12.0 Å². The number of benzene rings is 1. The van der Waals surface area contributed by atoms with Gasteiger partial charge >= 0.3 is 6.61 Å². The van der Waals surface area contributed by atoms with E-state index in [9.17, 15) is 13.9 Å². The van der Waals surface area contributed by atoms with Crippen LogP contribution in [-0.2, 0) is 5.41 Å². The predicted molar refractivity (Wildman–Crippen MR) is 68.3 cm³/mol. The van der Waals surface area contributed by atoms with Crippen LogP contribution in [0.15, 0.2) is 24.3 Å². The number of alkyl halides is 2. The molecule has 1 aliphatic carbocycles. The van der Waals surface area contributed by atoms with Crippen LogP contribution in [0.2, 0.25) is 0 Å². The molecule has 0 radical (unpaired) electrons. The first kappa shape index (κ1) is 14.2. The van der Waals surface area contributed by atoms with E-state index in [-0.39, 0.29) is 17.3 Å². The average Bonchev–Trinajstić information content (AvgIpc) is 2.40. The number of aliphatic hydroxyl groups is 1. The van der Waals surface area contributed by atoms with E-state index in [1.807, 2.05) is 0 Å². The van der Waals surface area contributed by atoms with Gasteiger partial charge in [-0.25, -0.2) is 0 Å². The topological polar surface area (TPSA) is 55.5 Å². The van der Waals surface area contributed by atoms with Gasteiger partial charge in [0.1, 0.15) is 5.75 Å². The van der Waals surface area contributed by atoms with Gasteiger partial charge in [-0.15, -0.1) is 0 Å².